The minimum absolute atomic E-state index is 0.0291. The van der Waals surface area contributed by atoms with E-state index in [-0.39, 0.29) is 36.3 Å². The number of carbonyl (C=O) groups is 1. The van der Waals surface area contributed by atoms with Gasteiger partial charge in [-0.15, -0.1) is 0 Å². The van der Waals surface area contributed by atoms with Gasteiger partial charge in [-0.05, 0) is 61.4 Å². The van der Waals surface area contributed by atoms with Crippen molar-refractivity contribution in [3.63, 3.8) is 0 Å². The number of hydrogen-bond donors (Lipinski definition) is 1. The molecule has 2 aromatic rings. The Bertz CT molecular complexity index is 1230. The molecule has 0 radical (unpaired) electrons. The molecule has 0 saturated heterocycles. The summed E-state index contributed by atoms with van der Waals surface area (Å²) in [4.78, 5) is 14.8. The van der Waals surface area contributed by atoms with Crippen molar-refractivity contribution in [3.8, 4) is 5.75 Å². The lowest BCUT2D eigenvalue weighted by molar-refractivity contribution is -0.130. The molecular weight excluding hydrogens is 488 g/mol. The summed E-state index contributed by atoms with van der Waals surface area (Å²) < 4.78 is 35.2. The molecule has 0 saturated carbocycles. The van der Waals surface area contributed by atoms with Gasteiger partial charge in [0.05, 0.1) is 19.6 Å². The lowest BCUT2D eigenvalue weighted by Crippen LogP contribution is -2.50. The molecular formula is C29H38N2O5S. The molecule has 1 aliphatic carbocycles. The average Bonchev–Trinajstić information content (AvgIpc) is 2.91. The van der Waals surface area contributed by atoms with Crippen molar-refractivity contribution in [2.75, 3.05) is 26.7 Å². The van der Waals surface area contributed by atoms with Gasteiger partial charge in [-0.2, -0.15) is 4.31 Å². The maximum absolute atomic E-state index is 13.7. The van der Waals surface area contributed by atoms with Crippen LogP contribution in [0.1, 0.15) is 50.7 Å². The first-order chi connectivity index (χ1) is 17.7. The normalized spacial score (nSPS) is 22.5. The number of carbonyl (C=O) groups excluding carboxylic acids is 1. The van der Waals surface area contributed by atoms with E-state index >= 15 is 0 Å². The number of aliphatic hydroxyl groups is 1. The number of allylic oxidation sites excluding steroid dienone is 2. The van der Waals surface area contributed by atoms with Crippen molar-refractivity contribution in [2.45, 2.75) is 63.0 Å². The molecule has 2 aliphatic rings. The Kier molecular flexibility index (Phi) is 8.72. The van der Waals surface area contributed by atoms with E-state index in [9.17, 15) is 18.3 Å². The number of amides is 1. The van der Waals surface area contributed by atoms with E-state index in [1.807, 2.05) is 49.4 Å². The largest absolute Gasteiger partial charge is 0.487 e. The van der Waals surface area contributed by atoms with Gasteiger partial charge in [0.1, 0.15) is 16.7 Å². The van der Waals surface area contributed by atoms with Gasteiger partial charge in [0.25, 0.3) is 0 Å². The molecule has 8 heteroatoms. The minimum Gasteiger partial charge on any atom is -0.487 e. The van der Waals surface area contributed by atoms with Crippen molar-refractivity contribution in [2.24, 2.45) is 5.92 Å². The summed E-state index contributed by atoms with van der Waals surface area (Å²) in [6.45, 7) is 3.86. The van der Waals surface area contributed by atoms with Crippen LogP contribution in [0.15, 0.2) is 59.5 Å². The zero-order valence-corrected chi connectivity index (χ0v) is 22.8. The number of fused-ring (bicyclic) bond motifs is 1. The van der Waals surface area contributed by atoms with Crippen LogP contribution in [-0.2, 0) is 21.2 Å². The molecule has 0 unspecified atom stereocenters. The van der Waals surface area contributed by atoms with Crippen LogP contribution >= 0.6 is 0 Å². The van der Waals surface area contributed by atoms with E-state index in [0.29, 0.717) is 12.3 Å². The predicted molar refractivity (Wildman–Crippen MR) is 145 cm³/mol. The van der Waals surface area contributed by atoms with Gasteiger partial charge in [-0.1, -0.05) is 49.4 Å². The van der Waals surface area contributed by atoms with E-state index < -0.39 is 22.2 Å². The van der Waals surface area contributed by atoms with Crippen LogP contribution in [0, 0.1) is 5.92 Å². The van der Waals surface area contributed by atoms with E-state index in [4.69, 9.17) is 4.74 Å². The highest BCUT2D eigenvalue weighted by molar-refractivity contribution is 7.89. The Labute approximate surface area is 220 Å². The zero-order chi connectivity index (χ0) is 26.6. The zero-order valence-electron chi connectivity index (χ0n) is 22.0. The number of sulfonamides is 1. The second kappa shape index (κ2) is 11.8. The summed E-state index contributed by atoms with van der Waals surface area (Å²) in [7, 11) is -2.14. The van der Waals surface area contributed by atoms with Crippen molar-refractivity contribution in [1.29, 1.82) is 0 Å². The molecule has 37 heavy (non-hydrogen) atoms. The number of aliphatic hydroxyl groups excluding tert-OH is 1. The summed E-state index contributed by atoms with van der Waals surface area (Å²) in [5.74, 6) is 0.0552. The lowest BCUT2D eigenvalue weighted by atomic mass is 9.93. The molecule has 0 spiro atoms. The fourth-order valence-electron chi connectivity index (χ4n) is 5.02. The maximum Gasteiger partial charge on any atom is 0.247 e. The molecule has 0 aromatic heterocycles. The number of nitrogens with zero attached hydrogens (tertiary/aromatic N) is 2. The van der Waals surface area contributed by atoms with Gasteiger partial charge in [0.15, 0.2) is 0 Å². The summed E-state index contributed by atoms with van der Waals surface area (Å²) >= 11 is 0. The highest BCUT2D eigenvalue weighted by Gasteiger charge is 2.38. The third-order valence-electron chi connectivity index (χ3n) is 7.41. The topological polar surface area (TPSA) is 87.2 Å². The summed E-state index contributed by atoms with van der Waals surface area (Å²) in [5, 5.41) is 9.86. The maximum atomic E-state index is 13.7. The number of hydrogen-bond acceptors (Lipinski definition) is 5. The first-order valence-corrected chi connectivity index (χ1v) is 14.6. The lowest BCUT2D eigenvalue weighted by Gasteiger charge is -2.37. The smallest absolute Gasteiger partial charge is 0.247 e. The molecule has 4 rings (SSSR count). The highest BCUT2D eigenvalue weighted by atomic mass is 32.2. The summed E-state index contributed by atoms with van der Waals surface area (Å²) in [6, 6.07) is 14.3. The Morgan fingerprint density at radius 2 is 1.95 bits per heavy atom. The van der Waals surface area contributed by atoms with Crippen molar-refractivity contribution >= 4 is 21.5 Å². The molecule has 3 atom stereocenters. The first-order valence-electron chi connectivity index (χ1n) is 13.1. The Morgan fingerprint density at radius 3 is 2.62 bits per heavy atom. The van der Waals surface area contributed by atoms with Crippen LogP contribution in [0.5, 0.6) is 5.75 Å². The Hall–Kier alpha value is -2.68. The van der Waals surface area contributed by atoms with Gasteiger partial charge < -0.3 is 14.7 Å². The van der Waals surface area contributed by atoms with Gasteiger partial charge in [-0.3, -0.25) is 4.79 Å². The fourth-order valence-corrected chi connectivity index (χ4v) is 6.85. The van der Waals surface area contributed by atoms with Crippen molar-refractivity contribution < 1.29 is 23.1 Å². The molecule has 2 aromatic carbocycles. The first kappa shape index (κ1) is 27.4. The third-order valence-corrected chi connectivity index (χ3v) is 9.43. The number of rotatable bonds is 7. The summed E-state index contributed by atoms with van der Waals surface area (Å²) in [5.41, 5.74) is 3.11. The van der Waals surface area contributed by atoms with Crippen LogP contribution < -0.4 is 4.74 Å². The molecule has 1 aliphatic heterocycles. The van der Waals surface area contributed by atoms with Crippen LogP contribution in [-0.4, -0.2) is 67.5 Å². The standard InChI is InChI=1S/C29H38N2O5S/c1-21-18-31(22(2)20-32)37(34,35)28-15-14-25(24-12-8-5-9-13-24)17-26(28)36-27(21)19-30(3)29(33)16-23-10-6-4-7-11-23/h4,6-7,10-12,14-15,17,21-22,27,32H,5,8-9,13,16,18-20H2,1-3H3/t21-,22+,27+/m0/s1. The predicted octanol–water partition coefficient (Wildman–Crippen LogP) is 4.11. The van der Waals surface area contributed by atoms with Crippen molar-refractivity contribution in [3.05, 3.63) is 65.7 Å². The van der Waals surface area contributed by atoms with Gasteiger partial charge in [-0.25, -0.2) is 8.42 Å². The number of benzene rings is 2. The van der Waals surface area contributed by atoms with Gasteiger partial charge >= 0.3 is 0 Å². The molecule has 200 valence electrons. The summed E-state index contributed by atoms with van der Waals surface area (Å²) in [6.07, 6.45) is 6.32. The fraction of sp³-hybridized carbons (Fsp3) is 0.483. The van der Waals surface area contributed by atoms with E-state index in [2.05, 4.69) is 6.08 Å². The SMILES string of the molecule is C[C@H](CO)N1C[C@H](C)[C@@H](CN(C)C(=O)Cc2ccccc2)Oc2cc(C3=CCCCC3)ccc2S1(=O)=O. The molecule has 1 heterocycles. The Balaban J connectivity index is 1.67. The quantitative estimate of drug-likeness (QED) is 0.587. The molecule has 0 fully saturated rings. The van der Waals surface area contributed by atoms with E-state index in [0.717, 1.165) is 36.8 Å². The van der Waals surface area contributed by atoms with Gasteiger partial charge in [0, 0.05) is 25.6 Å². The second-order valence-corrected chi connectivity index (χ2v) is 12.2. The van der Waals surface area contributed by atoms with Crippen LogP contribution in [0.4, 0.5) is 0 Å². The van der Waals surface area contributed by atoms with Crippen molar-refractivity contribution in [1.82, 2.24) is 9.21 Å². The molecule has 1 amide bonds. The van der Waals surface area contributed by atoms with Crippen LogP contribution in [0.3, 0.4) is 0 Å². The third kappa shape index (κ3) is 6.25. The number of ether oxygens (including phenoxy) is 1. The Morgan fingerprint density at radius 1 is 1.19 bits per heavy atom. The van der Waals surface area contributed by atoms with Crippen LogP contribution in [0.2, 0.25) is 0 Å². The highest BCUT2D eigenvalue weighted by Crippen LogP contribution is 2.37. The molecule has 0 bridgehead atoms. The van der Waals surface area contributed by atoms with E-state index in [1.165, 1.54) is 9.88 Å². The second-order valence-electron chi connectivity index (χ2n) is 10.3. The van der Waals surface area contributed by atoms with Gasteiger partial charge in [0.2, 0.25) is 15.9 Å². The minimum atomic E-state index is -3.89. The number of likely N-dealkylation sites (N-methyl/N-ethyl adjacent to an activating group) is 1. The van der Waals surface area contributed by atoms with Crippen LogP contribution in [0.25, 0.3) is 5.57 Å². The molecule has 7 nitrogen and oxygen atoms in total. The monoisotopic (exact) mass is 526 g/mol. The molecule has 1 N–H and O–H groups in total. The average molecular weight is 527 g/mol. The van der Waals surface area contributed by atoms with E-state index in [1.54, 1.807) is 24.9 Å².